The highest BCUT2D eigenvalue weighted by Crippen LogP contribution is 2.26. The SMILES string of the molecule is CCCNc1ncc(C)c(N2CCCN3CCCC3C2)n1. The molecule has 0 amide bonds. The van der Waals surface area contributed by atoms with Gasteiger partial charge in [-0.2, -0.15) is 4.98 Å². The van der Waals surface area contributed by atoms with Crippen molar-refractivity contribution in [3.8, 4) is 0 Å². The number of rotatable bonds is 4. The van der Waals surface area contributed by atoms with Gasteiger partial charge in [0, 0.05) is 44.0 Å². The molecule has 0 aliphatic carbocycles. The molecule has 2 saturated heterocycles. The molecule has 1 N–H and O–H groups in total. The van der Waals surface area contributed by atoms with Crippen molar-refractivity contribution >= 4 is 11.8 Å². The molecular weight excluding hydrogens is 262 g/mol. The van der Waals surface area contributed by atoms with Crippen molar-refractivity contribution in [3.63, 3.8) is 0 Å². The van der Waals surface area contributed by atoms with E-state index in [4.69, 9.17) is 4.98 Å². The molecule has 2 aliphatic rings. The minimum Gasteiger partial charge on any atom is -0.355 e. The first-order valence-corrected chi connectivity index (χ1v) is 8.34. The maximum absolute atomic E-state index is 4.77. The number of hydrogen-bond donors (Lipinski definition) is 1. The summed E-state index contributed by atoms with van der Waals surface area (Å²) in [7, 11) is 0. The van der Waals surface area contributed by atoms with Crippen molar-refractivity contribution in [2.45, 2.75) is 45.6 Å². The Labute approximate surface area is 127 Å². The molecular formula is C16H27N5. The highest BCUT2D eigenvalue weighted by molar-refractivity contribution is 5.49. The van der Waals surface area contributed by atoms with Gasteiger partial charge >= 0.3 is 0 Å². The van der Waals surface area contributed by atoms with Crippen LogP contribution in [0, 0.1) is 6.92 Å². The van der Waals surface area contributed by atoms with E-state index in [1.54, 1.807) is 0 Å². The highest BCUT2D eigenvalue weighted by Gasteiger charge is 2.29. The zero-order valence-electron chi connectivity index (χ0n) is 13.3. The van der Waals surface area contributed by atoms with Crippen LogP contribution in [-0.2, 0) is 0 Å². The van der Waals surface area contributed by atoms with Gasteiger partial charge in [0.1, 0.15) is 5.82 Å². The number of nitrogens with zero attached hydrogens (tertiary/aromatic N) is 4. The smallest absolute Gasteiger partial charge is 0.224 e. The average Bonchev–Trinajstić information content (AvgIpc) is 2.84. The third-order valence-electron chi connectivity index (χ3n) is 4.58. The van der Waals surface area contributed by atoms with E-state index < -0.39 is 0 Å². The van der Waals surface area contributed by atoms with Crippen LogP contribution < -0.4 is 10.2 Å². The molecule has 1 aromatic heterocycles. The van der Waals surface area contributed by atoms with Crippen LogP contribution in [0.25, 0.3) is 0 Å². The van der Waals surface area contributed by atoms with E-state index in [0.717, 1.165) is 37.8 Å². The summed E-state index contributed by atoms with van der Waals surface area (Å²) < 4.78 is 0. The third kappa shape index (κ3) is 3.28. The molecule has 3 rings (SSSR count). The summed E-state index contributed by atoms with van der Waals surface area (Å²) in [6.07, 6.45) is 6.97. The number of anilines is 2. The topological polar surface area (TPSA) is 44.3 Å². The summed E-state index contributed by atoms with van der Waals surface area (Å²) in [6, 6.07) is 0.717. The van der Waals surface area contributed by atoms with Gasteiger partial charge in [0.05, 0.1) is 0 Å². The predicted octanol–water partition coefficient (Wildman–Crippen LogP) is 2.28. The summed E-state index contributed by atoms with van der Waals surface area (Å²) in [5, 5.41) is 3.30. The molecule has 0 radical (unpaired) electrons. The molecule has 0 saturated carbocycles. The van der Waals surface area contributed by atoms with Gasteiger partial charge in [-0.3, -0.25) is 4.90 Å². The number of hydrogen-bond acceptors (Lipinski definition) is 5. The number of aromatic nitrogens is 2. The van der Waals surface area contributed by atoms with Crippen molar-refractivity contribution in [1.29, 1.82) is 0 Å². The molecule has 2 fully saturated rings. The first kappa shape index (κ1) is 14.6. The van der Waals surface area contributed by atoms with Crippen LogP contribution in [0.3, 0.4) is 0 Å². The molecule has 21 heavy (non-hydrogen) atoms. The molecule has 0 bridgehead atoms. The number of fused-ring (bicyclic) bond motifs is 1. The monoisotopic (exact) mass is 289 g/mol. The Kier molecular flexibility index (Phi) is 4.58. The normalized spacial score (nSPS) is 23.0. The molecule has 1 atom stereocenters. The van der Waals surface area contributed by atoms with E-state index in [9.17, 15) is 0 Å². The second-order valence-electron chi connectivity index (χ2n) is 6.26. The lowest BCUT2D eigenvalue weighted by Gasteiger charge is -2.27. The zero-order valence-corrected chi connectivity index (χ0v) is 13.3. The molecule has 0 aromatic carbocycles. The van der Waals surface area contributed by atoms with Gasteiger partial charge in [-0.05, 0) is 39.2 Å². The predicted molar refractivity (Wildman–Crippen MR) is 87.0 cm³/mol. The Bertz CT molecular complexity index is 476. The molecule has 5 heteroatoms. The van der Waals surface area contributed by atoms with Crippen LogP contribution in [0.2, 0.25) is 0 Å². The Hall–Kier alpha value is -1.36. The maximum Gasteiger partial charge on any atom is 0.224 e. The van der Waals surface area contributed by atoms with Gasteiger partial charge in [-0.25, -0.2) is 4.98 Å². The summed E-state index contributed by atoms with van der Waals surface area (Å²) in [5.41, 5.74) is 1.18. The Balaban J connectivity index is 1.77. The third-order valence-corrected chi connectivity index (χ3v) is 4.58. The van der Waals surface area contributed by atoms with E-state index in [1.807, 2.05) is 6.20 Å². The van der Waals surface area contributed by atoms with Gasteiger partial charge in [-0.15, -0.1) is 0 Å². The standard InChI is InChI=1S/C16H27N5/c1-3-7-17-16-18-11-13(2)15(19-16)21-10-5-9-20-8-4-6-14(20)12-21/h11,14H,3-10,12H2,1-2H3,(H,17,18,19). The summed E-state index contributed by atoms with van der Waals surface area (Å²) in [4.78, 5) is 14.3. The van der Waals surface area contributed by atoms with Crippen molar-refractivity contribution in [3.05, 3.63) is 11.8 Å². The van der Waals surface area contributed by atoms with E-state index in [0.29, 0.717) is 6.04 Å². The van der Waals surface area contributed by atoms with Gasteiger partial charge in [0.2, 0.25) is 5.95 Å². The average molecular weight is 289 g/mol. The first-order chi connectivity index (χ1) is 10.3. The van der Waals surface area contributed by atoms with E-state index in [2.05, 4.69) is 33.9 Å². The van der Waals surface area contributed by atoms with Crippen molar-refractivity contribution < 1.29 is 0 Å². The second kappa shape index (κ2) is 6.60. The molecule has 1 aromatic rings. The number of aryl methyl sites for hydroxylation is 1. The van der Waals surface area contributed by atoms with Gasteiger partial charge in [-0.1, -0.05) is 6.92 Å². The largest absolute Gasteiger partial charge is 0.355 e. The van der Waals surface area contributed by atoms with Gasteiger partial charge < -0.3 is 10.2 Å². The molecule has 3 heterocycles. The lowest BCUT2D eigenvalue weighted by atomic mass is 10.2. The summed E-state index contributed by atoms with van der Waals surface area (Å²) in [5.74, 6) is 1.89. The fourth-order valence-corrected chi connectivity index (χ4v) is 3.47. The Morgan fingerprint density at radius 2 is 2.14 bits per heavy atom. The van der Waals surface area contributed by atoms with E-state index >= 15 is 0 Å². The van der Waals surface area contributed by atoms with Crippen molar-refractivity contribution in [2.24, 2.45) is 0 Å². The minimum atomic E-state index is 0.717. The van der Waals surface area contributed by atoms with Crippen molar-refractivity contribution in [1.82, 2.24) is 14.9 Å². The molecule has 116 valence electrons. The fourth-order valence-electron chi connectivity index (χ4n) is 3.47. The van der Waals surface area contributed by atoms with Gasteiger partial charge in [0.25, 0.3) is 0 Å². The van der Waals surface area contributed by atoms with Crippen LogP contribution in [-0.4, -0.2) is 53.6 Å². The van der Waals surface area contributed by atoms with Crippen LogP contribution >= 0.6 is 0 Å². The lowest BCUT2D eigenvalue weighted by molar-refractivity contribution is 0.273. The number of nitrogens with one attached hydrogen (secondary N) is 1. The van der Waals surface area contributed by atoms with E-state index in [1.165, 1.54) is 37.9 Å². The fraction of sp³-hybridized carbons (Fsp3) is 0.750. The lowest BCUT2D eigenvalue weighted by Crippen LogP contribution is -2.37. The Morgan fingerprint density at radius 1 is 1.29 bits per heavy atom. The van der Waals surface area contributed by atoms with Crippen LogP contribution in [0.15, 0.2) is 6.20 Å². The van der Waals surface area contributed by atoms with Crippen LogP contribution in [0.1, 0.15) is 38.2 Å². The highest BCUT2D eigenvalue weighted by atomic mass is 15.3. The molecule has 2 aliphatic heterocycles. The summed E-state index contributed by atoms with van der Waals surface area (Å²) in [6.45, 7) is 9.96. The first-order valence-electron chi connectivity index (χ1n) is 8.34. The van der Waals surface area contributed by atoms with E-state index in [-0.39, 0.29) is 0 Å². The summed E-state index contributed by atoms with van der Waals surface area (Å²) >= 11 is 0. The quantitative estimate of drug-likeness (QED) is 0.921. The maximum atomic E-state index is 4.77. The van der Waals surface area contributed by atoms with Crippen molar-refractivity contribution in [2.75, 3.05) is 42.9 Å². The second-order valence-corrected chi connectivity index (χ2v) is 6.26. The van der Waals surface area contributed by atoms with Gasteiger partial charge in [0.15, 0.2) is 0 Å². The molecule has 1 unspecified atom stereocenters. The molecule has 0 spiro atoms. The van der Waals surface area contributed by atoms with Crippen LogP contribution in [0.5, 0.6) is 0 Å². The Morgan fingerprint density at radius 3 is 3.00 bits per heavy atom. The molecule has 5 nitrogen and oxygen atoms in total. The van der Waals surface area contributed by atoms with Crippen LogP contribution in [0.4, 0.5) is 11.8 Å². The minimum absolute atomic E-state index is 0.717. The zero-order chi connectivity index (χ0) is 14.7.